The number of aliphatic hydroxyl groups excluding tert-OH is 1. The van der Waals surface area contributed by atoms with Crippen molar-refractivity contribution in [2.24, 2.45) is 0 Å². The molecular weight excluding hydrogens is 220 g/mol. The third kappa shape index (κ3) is 1.74. The molecule has 2 atom stereocenters. The molecule has 1 heterocycles. The zero-order chi connectivity index (χ0) is 12.0. The van der Waals surface area contributed by atoms with E-state index >= 15 is 0 Å². The number of aliphatic hydroxyl groups is 1. The number of carboxylic acid groups (broad SMARTS) is 1. The number of hydrogen-bond acceptors (Lipinski definition) is 3. The maximum atomic E-state index is 11.1. The lowest BCUT2D eigenvalue weighted by atomic mass is 10.1. The van der Waals surface area contributed by atoms with Crippen LogP contribution in [0.25, 0.3) is 0 Å². The van der Waals surface area contributed by atoms with Crippen molar-refractivity contribution in [3.8, 4) is 0 Å². The average molecular weight is 236 g/mol. The van der Waals surface area contributed by atoms with Crippen LogP contribution in [0.5, 0.6) is 0 Å². The quantitative estimate of drug-likeness (QED) is 0.834. The van der Waals surface area contributed by atoms with Crippen LogP contribution in [0.2, 0.25) is 0 Å². The van der Waals surface area contributed by atoms with Gasteiger partial charge in [-0.1, -0.05) is 0 Å². The monoisotopic (exact) mass is 236 g/mol. The second-order valence-corrected chi connectivity index (χ2v) is 5.03. The first-order valence-electron chi connectivity index (χ1n) is 6.17. The van der Waals surface area contributed by atoms with E-state index in [1.54, 1.807) is 4.68 Å². The molecule has 2 N–H and O–H groups in total. The molecule has 0 spiro atoms. The first-order chi connectivity index (χ1) is 8.18. The van der Waals surface area contributed by atoms with Crippen LogP contribution in [0.3, 0.4) is 0 Å². The molecule has 1 aromatic rings. The van der Waals surface area contributed by atoms with Crippen LogP contribution in [0.15, 0.2) is 6.20 Å². The Balaban J connectivity index is 2.01. The molecule has 0 aliphatic heterocycles. The standard InChI is InChI=1S/C12H16N2O3/c15-10-3-1-2-9(10)14-11(7-4-5-7)8(6-13-14)12(16)17/h6-7,9-10,15H,1-5H2,(H,16,17). The van der Waals surface area contributed by atoms with Crippen LogP contribution >= 0.6 is 0 Å². The van der Waals surface area contributed by atoms with Crippen molar-refractivity contribution in [3.05, 3.63) is 17.5 Å². The predicted molar refractivity (Wildman–Crippen MR) is 60.1 cm³/mol. The van der Waals surface area contributed by atoms with Gasteiger partial charge in [-0.05, 0) is 32.1 Å². The van der Waals surface area contributed by atoms with Gasteiger partial charge in [-0.3, -0.25) is 4.68 Å². The number of aromatic carboxylic acids is 1. The fourth-order valence-corrected chi connectivity index (χ4v) is 2.77. The Bertz CT molecular complexity index is 451. The van der Waals surface area contributed by atoms with Gasteiger partial charge in [-0.25, -0.2) is 4.79 Å². The predicted octanol–water partition coefficient (Wildman–Crippen LogP) is 1.54. The molecule has 2 unspecified atom stereocenters. The lowest BCUT2D eigenvalue weighted by Gasteiger charge is -2.18. The molecule has 17 heavy (non-hydrogen) atoms. The zero-order valence-electron chi connectivity index (χ0n) is 9.54. The van der Waals surface area contributed by atoms with Gasteiger partial charge in [0, 0.05) is 5.92 Å². The molecule has 2 fully saturated rings. The molecule has 0 saturated heterocycles. The molecule has 1 aromatic heterocycles. The molecule has 2 aliphatic carbocycles. The second-order valence-electron chi connectivity index (χ2n) is 5.03. The highest BCUT2D eigenvalue weighted by Gasteiger charge is 2.37. The summed E-state index contributed by atoms with van der Waals surface area (Å²) in [5, 5.41) is 23.3. The van der Waals surface area contributed by atoms with E-state index in [1.807, 2.05) is 0 Å². The van der Waals surface area contributed by atoms with Crippen LogP contribution in [0.4, 0.5) is 0 Å². The van der Waals surface area contributed by atoms with Crippen LogP contribution in [0, 0.1) is 0 Å². The van der Waals surface area contributed by atoms with E-state index in [0.29, 0.717) is 11.5 Å². The molecular formula is C12H16N2O3. The van der Waals surface area contributed by atoms with E-state index in [-0.39, 0.29) is 12.1 Å². The normalized spacial score (nSPS) is 28.5. The summed E-state index contributed by atoms with van der Waals surface area (Å²) in [5.41, 5.74) is 1.13. The Hall–Kier alpha value is -1.36. The van der Waals surface area contributed by atoms with Gasteiger partial charge >= 0.3 is 5.97 Å². The number of carbonyl (C=O) groups is 1. The largest absolute Gasteiger partial charge is 0.478 e. The Morgan fingerprint density at radius 3 is 2.65 bits per heavy atom. The molecule has 92 valence electrons. The number of carboxylic acids is 1. The summed E-state index contributed by atoms with van der Waals surface area (Å²) in [5.74, 6) is -0.581. The van der Waals surface area contributed by atoms with Crippen molar-refractivity contribution in [3.63, 3.8) is 0 Å². The molecule has 2 saturated carbocycles. The van der Waals surface area contributed by atoms with Crippen molar-refractivity contribution in [1.29, 1.82) is 0 Å². The van der Waals surface area contributed by atoms with Gasteiger partial charge in [0.2, 0.25) is 0 Å². The summed E-state index contributed by atoms with van der Waals surface area (Å²) in [6.07, 6.45) is 5.79. The van der Waals surface area contributed by atoms with Gasteiger partial charge in [-0.2, -0.15) is 5.10 Å². The van der Waals surface area contributed by atoms with E-state index in [0.717, 1.165) is 37.8 Å². The van der Waals surface area contributed by atoms with Crippen molar-refractivity contribution in [2.75, 3.05) is 0 Å². The maximum absolute atomic E-state index is 11.1. The molecule has 2 aliphatic rings. The summed E-state index contributed by atoms with van der Waals surface area (Å²) in [7, 11) is 0. The van der Waals surface area contributed by atoms with Crippen molar-refractivity contribution in [1.82, 2.24) is 9.78 Å². The number of aromatic nitrogens is 2. The molecule has 5 nitrogen and oxygen atoms in total. The minimum absolute atomic E-state index is 0.0290. The minimum Gasteiger partial charge on any atom is -0.478 e. The van der Waals surface area contributed by atoms with Crippen LogP contribution < -0.4 is 0 Å². The molecule has 0 aromatic carbocycles. The van der Waals surface area contributed by atoms with E-state index in [1.165, 1.54) is 6.20 Å². The Kier molecular flexibility index (Phi) is 2.43. The van der Waals surface area contributed by atoms with E-state index in [4.69, 9.17) is 5.11 Å². The zero-order valence-corrected chi connectivity index (χ0v) is 9.54. The topological polar surface area (TPSA) is 75.3 Å². The second kappa shape index (κ2) is 3.84. The summed E-state index contributed by atoms with van der Waals surface area (Å²) < 4.78 is 1.78. The highest BCUT2D eigenvalue weighted by Crippen LogP contribution is 2.44. The smallest absolute Gasteiger partial charge is 0.339 e. The SMILES string of the molecule is O=C(O)c1cnn(C2CCCC2O)c1C1CC1. The summed E-state index contributed by atoms with van der Waals surface area (Å²) in [6.45, 7) is 0. The Labute approximate surface area is 99.1 Å². The first-order valence-corrected chi connectivity index (χ1v) is 6.17. The van der Waals surface area contributed by atoms with Gasteiger partial charge in [0.1, 0.15) is 5.56 Å². The van der Waals surface area contributed by atoms with Crippen molar-refractivity contribution < 1.29 is 15.0 Å². The molecule has 3 rings (SSSR count). The third-order valence-electron chi connectivity index (χ3n) is 3.79. The fraction of sp³-hybridized carbons (Fsp3) is 0.667. The van der Waals surface area contributed by atoms with Gasteiger partial charge in [0.25, 0.3) is 0 Å². The average Bonchev–Trinajstić information content (AvgIpc) is 2.88. The summed E-state index contributed by atoms with van der Waals surface area (Å²) in [4.78, 5) is 11.1. The lowest BCUT2D eigenvalue weighted by Crippen LogP contribution is -2.21. The van der Waals surface area contributed by atoms with E-state index in [9.17, 15) is 9.90 Å². The number of hydrogen-bond donors (Lipinski definition) is 2. The number of rotatable bonds is 3. The van der Waals surface area contributed by atoms with Gasteiger partial charge in [0.15, 0.2) is 0 Å². The fourth-order valence-electron chi connectivity index (χ4n) is 2.77. The van der Waals surface area contributed by atoms with Gasteiger partial charge in [0.05, 0.1) is 24.0 Å². The van der Waals surface area contributed by atoms with E-state index < -0.39 is 5.97 Å². The summed E-state index contributed by atoms with van der Waals surface area (Å²) >= 11 is 0. The summed E-state index contributed by atoms with van der Waals surface area (Å²) in [6, 6.07) is -0.0290. The Morgan fingerprint density at radius 1 is 1.35 bits per heavy atom. The molecule has 0 bridgehead atoms. The van der Waals surface area contributed by atoms with Crippen LogP contribution in [0.1, 0.15) is 60.1 Å². The van der Waals surface area contributed by atoms with Crippen molar-refractivity contribution >= 4 is 5.97 Å². The molecule has 0 amide bonds. The third-order valence-corrected chi connectivity index (χ3v) is 3.79. The number of nitrogens with zero attached hydrogens (tertiary/aromatic N) is 2. The highest BCUT2D eigenvalue weighted by atomic mass is 16.4. The Morgan fingerprint density at radius 2 is 2.12 bits per heavy atom. The van der Waals surface area contributed by atoms with Crippen LogP contribution in [-0.2, 0) is 0 Å². The maximum Gasteiger partial charge on any atom is 0.339 e. The van der Waals surface area contributed by atoms with Crippen LogP contribution in [-0.4, -0.2) is 32.1 Å². The highest BCUT2D eigenvalue weighted by molar-refractivity contribution is 5.89. The van der Waals surface area contributed by atoms with Crippen molar-refractivity contribution in [2.45, 2.75) is 50.2 Å². The molecule has 0 radical (unpaired) electrons. The first kappa shape index (κ1) is 10.8. The van der Waals surface area contributed by atoms with E-state index in [2.05, 4.69) is 5.10 Å². The van der Waals surface area contributed by atoms with Gasteiger partial charge in [-0.15, -0.1) is 0 Å². The molecule has 5 heteroatoms. The van der Waals surface area contributed by atoms with Gasteiger partial charge < -0.3 is 10.2 Å². The lowest BCUT2D eigenvalue weighted by molar-refractivity contribution is 0.0694. The minimum atomic E-state index is -0.911.